The van der Waals surface area contributed by atoms with Gasteiger partial charge in [-0.25, -0.2) is 0 Å². The number of unbranched alkanes of at least 4 members (excludes halogenated alkanes) is 2. The zero-order valence-corrected chi connectivity index (χ0v) is 15.4. The Morgan fingerprint density at radius 3 is 2.20 bits per heavy atom. The largest absolute Gasteiger partial charge is 0.390 e. The van der Waals surface area contributed by atoms with Gasteiger partial charge in [0, 0.05) is 12.1 Å². The highest BCUT2D eigenvalue weighted by molar-refractivity contribution is 5.99. The number of carbonyl (C=O) groups excluding carboxylic acids is 1. The first kappa shape index (κ1) is 19.7. The lowest BCUT2D eigenvalue weighted by molar-refractivity contribution is -0.0710. The monoisotopic (exact) mass is 345 g/mol. The number of aliphatic hydroxyl groups excluding tert-OH is 2. The van der Waals surface area contributed by atoms with Gasteiger partial charge < -0.3 is 15.1 Å². The van der Waals surface area contributed by atoms with Crippen molar-refractivity contribution in [2.45, 2.75) is 76.7 Å². The van der Waals surface area contributed by atoms with E-state index in [4.69, 9.17) is 0 Å². The quantitative estimate of drug-likeness (QED) is 0.636. The van der Waals surface area contributed by atoms with E-state index in [1.165, 1.54) is 0 Å². The van der Waals surface area contributed by atoms with Crippen molar-refractivity contribution in [2.75, 3.05) is 0 Å². The Hall–Kier alpha value is -1.65. The van der Waals surface area contributed by atoms with Crippen LogP contribution in [-0.2, 0) is 6.54 Å². The van der Waals surface area contributed by atoms with Crippen LogP contribution in [0.15, 0.2) is 36.9 Å². The second-order valence-corrected chi connectivity index (χ2v) is 6.96. The van der Waals surface area contributed by atoms with Crippen LogP contribution in [0.2, 0.25) is 0 Å². The van der Waals surface area contributed by atoms with Crippen molar-refractivity contribution >= 4 is 5.91 Å². The summed E-state index contributed by atoms with van der Waals surface area (Å²) < 4.78 is 0. The highest BCUT2D eigenvalue weighted by Gasteiger charge is 2.50. The zero-order chi connectivity index (χ0) is 18.4. The summed E-state index contributed by atoms with van der Waals surface area (Å²) in [5.41, 5.74) is 0.434. The molecule has 2 N–H and O–H groups in total. The molecule has 138 valence electrons. The van der Waals surface area contributed by atoms with Crippen LogP contribution in [0.25, 0.3) is 0 Å². The number of fused-ring (bicyclic) bond motifs is 1. The summed E-state index contributed by atoms with van der Waals surface area (Å²) in [7, 11) is 0. The molecule has 0 saturated heterocycles. The Balaban J connectivity index is 2.40. The molecule has 0 fully saturated rings. The highest BCUT2D eigenvalue weighted by Crippen LogP contribution is 2.37. The summed E-state index contributed by atoms with van der Waals surface area (Å²) in [4.78, 5) is 14.6. The topological polar surface area (TPSA) is 60.8 Å². The van der Waals surface area contributed by atoms with Crippen molar-refractivity contribution in [1.29, 1.82) is 0 Å². The molecule has 0 spiro atoms. The van der Waals surface area contributed by atoms with Gasteiger partial charge in [-0.2, -0.15) is 0 Å². The third kappa shape index (κ3) is 3.65. The van der Waals surface area contributed by atoms with Crippen LogP contribution >= 0.6 is 0 Å². The van der Waals surface area contributed by atoms with Crippen molar-refractivity contribution in [3.8, 4) is 0 Å². The van der Waals surface area contributed by atoms with E-state index in [0.717, 1.165) is 31.2 Å². The van der Waals surface area contributed by atoms with Gasteiger partial charge in [-0.05, 0) is 24.5 Å². The van der Waals surface area contributed by atoms with Gasteiger partial charge in [-0.1, -0.05) is 63.8 Å². The summed E-state index contributed by atoms with van der Waals surface area (Å²) in [6.07, 6.45) is 4.56. The van der Waals surface area contributed by atoms with Gasteiger partial charge in [0.1, 0.15) is 5.54 Å². The first-order chi connectivity index (χ1) is 12.0. The SMILES string of the molecule is C=CC(C(O)CCCC)(C(O)CCCC)N1Cc2ccccc2C1=O. The molecule has 1 aliphatic heterocycles. The molecule has 2 rings (SSSR count). The molecule has 0 radical (unpaired) electrons. The molecular formula is C21H31NO3. The maximum absolute atomic E-state index is 13.0. The highest BCUT2D eigenvalue weighted by atomic mass is 16.3. The van der Waals surface area contributed by atoms with E-state index < -0.39 is 17.7 Å². The first-order valence-electron chi connectivity index (χ1n) is 9.42. The van der Waals surface area contributed by atoms with Gasteiger partial charge in [0.05, 0.1) is 12.2 Å². The maximum Gasteiger partial charge on any atom is 0.255 e. The van der Waals surface area contributed by atoms with Gasteiger partial charge >= 0.3 is 0 Å². The van der Waals surface area contributed by atoms with Gasteiger partial charge in [0.15, 0.2) is 0 Å². The van der Waals surface area contributed by atoms with Crippen LogP contribution in [0.3, 0.4) is 0 Å². The molecule has 4 heteroatoms. The van der Waals surface area contributed by atoms with E-state index in [1.54, 1.807) is 11.0 Å². The molecule has 2 atom stereocenters. The molecule has 1 aromatic carbocycles. The number of hydrogen-bond acceptors (Lipinski definition) is 3. The van der Waals surface area contributed by atoms with Crippen LogP contribution in [0.5, 0.6) is 0 Å². The molecule has 0 aromatic heterocycles. The third-order valence-corrected chi connectivity index (χ3v) is 5.35. The predicted octanol–water partition coefficient (Wildman–Crippen LogP) is 3.67. The fraction of sp³-hybridized carbons (Fsp3) is 0.571. The minimum absolute atomic E-state index is 0.137. The van der Waals surface area contributed by atoms with Crippen molar-refractivity contribution in [3.05, 3.63) is 48.0 Å². The Bertz CT molecular complexity index is 585. The molecule has 0 saturated carbocycles. The van der Waals surface area contributed by atoms with Crippen molar-refractivity contribution < 1.29 is 15.0 Å². The average molecular weight is 345 g/mol. The van der Waals surface area contributed by atoms with Crippen LogP contribution in [0.1, 0.15) is 68.3 Å². The van der Waals surface area contributed by atoms with Crippen molar-refractivity contribution in [1.82, 2.24) is 4.90 Å². The van der Waals surface area contributed by atoms with Gasteiger partial charge in [-0.15, -0.1) is 6.58 Å². The van der Waals surface area contributed by atoms with E-state index >= 15 is 0 Å². The Labute approximate surface area is 151 Å². The van der Waals surface area contributed by atoms with Gasteiger partial charge in [-0.3, -0.25) is 4.79 Å². The van der Waals surface area contributed by atoms with Crippen LogP contribution in [-0.4, -0.2) is 38.8 Å². The van der Waals surface area contributed by atoms with E-state index in [0.29, 0.717) is 24.9 Å². The number of aliphatic hydroxyl groups is 2. The summed E-state index contributed by atoms with van der Waals surface area (Å²) in [5, 5.41) is 22.0. The average Bonchev–Trinajstić information content (AvgIpc) is 2.96. The van der Waals surface area contributed by atoms with Crippen LogP contribution < -0.4 is 0 Å². The lowest BCUT2D eigenvalue weighted by atomic mass is 9.80. The maximum atomic E-state index is 13.0. The van der Waals surface area contributed by atoms with Crippen molar-refractivity contribution in [2.24, 2.45) is 0 Å². The molecule has 1 amide bonds. The number of benzene rings is 1. The molecule has 25 heavy (non-hydrogen) atoms. The zero-order valence-electron chi connectivity index (χ0n) is 15.4. The Kier molecular flexibility index (Phi) is 6.79. The third-order valence-electron chi connectivity index (χ3n) is 5.35. The second kappa shape index (κ2) is 8.63. The Morgan fingerprint density at radius 1 is 1.16 bits per heavy atom. The molecule has 0 aliphatic carbocycles. The summed E-state index contributed by atoms with van der Waals surface area (Å²) in [6, 6.07) is 7.49. The molecule has 0 bridgehead atoms. The molecule has 1 heterocycles. The molecule has 4 nitrogen and oxygen atoms in total. The lowest BCUT2D eigenvalue weighted by Crippen LogP contribution is -2.62. The first-order valence-corrected chi connectivity index (χ1v) is 9.42. The number of carbonyl (C=O) groups is 1. The second-order valence-electron chi connectivity index (χ2n) is 6.96. The fourth-order valence-electron chi connectivity index (χ4n) is 3.79. The van der Waals surface area contributed by atoms with E-state index in [2.05, 4.69) is 20.4 Å². The van der Waals surface area contributed by atoms with E-state index in [9.17, 15) is 15.0 Å². The molecule has 1 aliphatic rings. The normalized spacial score (nSPS) is 18.6. The van der Waals surface area contributed by atoms with E-state index in [1.807, 2.05) is 24.3 Å². The molecule has 2 unspecified atom stereocenters. The van der Waals surface area contributed by atoms with Crippen molar-refractivity contribution in [3.63, 3.8) is 0 Å². The van der Waals surface area contributed by atoms with Gasteiger partial charge in [0.25, 0.3) is 5.91 Å². The van der Waals surface area contributed by atoms with Gasteiger partial charge in [0.2, 0.25) is 0 Å². The Morgan fingerprint density at radius 2 is 1.72 bits per heavy atom. The lowest BCUT2D eigenvalue weighted by Gasteiger charge is -2.46. The number of rotatable bonds is 10. The van der Waals surface area contributed by atoms with E-state index in [-0.39, 0.29) is 5.91 Å². The van der Waals surface area contributed by atoms with Crippen LogP contribution in [0, 0.1) is 0 Å². The smallest absolute Gasteiger partial charge is 0.255 e. The number of nitrogens with zero attached hydrogens (tertiary/aromatic N) is 1. The molecule has 1 aromatic rings. The molecular weight excluding hydrogens is 314 g/mol. The van der Waals surface area contributed by atoms with Crippen LogP contribution in [0.4, 0.5) is 0 Å². The minimum Gasteiger partial charge on any atom is -0.390 e. The minimum atomic E-state index is -1.15. The predicted molar refractivity (Wildman–Crippen MR) is 100 cm³/mol. The summed E-state index contributed by atoms with van der Waals surface area (Å²) in [5.74, 6) is -0.137. The summed E-state index contributed by atoms with van der Waals surface area (Å²) in [6.45, 7) is 8.44. The fourth-order valence-corrected chi connectivity index (χ4v) is 3.79. The number of amides is 1. The number of hydrogen-bond donors (Lipinski definition) is 2. The summed E-state index contributed by atoms with van der Waals surface area (Å²) >= 11 is 0. The standard InChI is InChI=1S/C21H31NO3/c1-4-7-13-18(23)21(6-3,19(24)14-8-5-2)22-15-16-11-9-10-12-17(16)20(22)25/h6,9-12,18-19,23-24H,3-5,7-8,13-15H2,1-2H3.